The molecule has 0 radical (unpaired) electrons. The second kappa shape index (κ2) is 11.8. The van der Waals surface area contributed by atoms with E-state index in [0.29, 0.717) is 22.3 Å². The molecular formula is C28H32N4O3S2. The number of carbonyl (C=O) groups excluding carboxylic acids is 1. The zero-order valence-electron chi connectivity index (χ0n) is 21.2. The Morgan fingerprint density at radius 1 is 1.11 bits per heavy atom. The van der Waals surface area contributed by atoms with E-state index in [2.05, 4.69) is 24.1 Å². The van der Waals surface area contributed by atoms with Crippen molar-refractivity contribution in [1.29, 1.82) is 0 Å². The van der Waals surface area contributed by atoms with Gasteiger partial charge in [-0.3, -0.25) is 19.1 Å². The minimum Gasteiger partial charge on any atom is -0.379 e. The average Bonchev–Trinajstić information content (AvgIpc) is 3.29. The van der Waals surface area contributed by atoms with Gasteiger partial charge in [-0.1, -0.05) is 55.9 Å². The van der Waals surface area contributed by atoms with E-state index in [1.165, 1.54) is 28.7 Å². The van der Waals surface area contributed by atoms with Crippen molar-refractivity contribution in [3.63, 3.8) is 0 Å². The molecule has 9 heteroatoms. The number of ether oxygens (including phenoxy) is 1. The molecule has 2 aromatic carbocycles. The maximum atomic E-state index is 13.6. The first-order valence-electron chi connectivity index (χ1n) is 12.7. The molecule has 0 saturated carbocycles. The van der Waals surface area contributed by atoms with Gasteiger partial charge in [0, 0.05) is 42.0 Å². The summed E-state index contributed by atoms with van der Waals surface area (Å²) < 4.78 is 8.92. The van der Waals surface area contributed by atoms with Gasteiger partial charge in [0.15, 0.2) is 5.16 Å². The Balaban J connectivity index is 1.35. The van der Waals surface area contributed by atoms with E-state index in [4.69, 9.17) is 9.72 Å². The van der Waals surface area contributed by atoms with Crippen molar-refractivity contribution in [2.45, 2.75) is 37.9 Å². The summed E-state index contributed by atoms with van der Waals surface area (Å²) in [6, 6.07) is 15.9. The van der Waals surface area contributed by atoms with Crippen molar-refractivity contribution in [1.82, 2.24) is 14.5 Å². The number of rotatable bonds is 9. The van der Waals surface area contributed by atoms with Crippen molar-refractivity contribution >= 4 is 55.0 Å². The molecule has 1 N–H and O–H groups in total. The molecule has 3 heterocycles. The fraction of sp³-hybridized carbons (Fsp3) is 0.393. The van der Waals surface area contributed by atoms with Crippen molar-refractivity contribution in [2.75, 3.05) is 43.9 Å². The lowest BCUT2D eigenvalue weighted by Crippen LogP contribution is -2.37. The number of morpholine rings is 1. The van der Waals surface area contributed by atoms with Crippen LogP contribution in [0.1, 0.15) is 31.7 Å². The Hall–Kier alpha value is -2.72. The predicted octanol–water partition coefficient (Wildman–Crippen LogP) is 5.19. The van der Waals surface area contributed by atoms with Crippen LogP contribution in [-0.2, 0) is 16.1 Å². The van der Waals surface area contributed by atoms with Gasteiger partial charge in [0.1, 0.15) is 4.70 Å². The highest BCUT2D eigenvalue weighted by atomic mass is 32.2. The summed E-state index contributed by atoms with van der Waals surface area (Å²) in [6.45, 7) is 9.10. The minimum absolute atomic E-state index is 0.0274. The van der Waals surface area contributed by atoms with Crippen LogP contribution in [0.15, 0.2) is 58.5 Å². The third-order valence-electron chi connectivity index (χ3n) is 6.60. The van der Waals surface area contributed by atoms with Gasteiger partial charge < -0.3 is 10.1 Å². The topological polar surface area (TPSA) is 76.5 Å². The molecule has 0 unspecified atom stereocenters. The highest BCUT2D eigenvalue weighted by Gasteiger charge is 2.18. The molecular weight excluding hydrogens is 504 g/mol. The van der Waals surface area contributed by atoms with E-state index in [1.54, 1.807) is 4.57 Å². The van der Waals surface area contributed by atoms with Gasteiger partial charge >= 0.3 is 0 Å². The molecule has 1 fully saturated rings. The number of benzene rings is 2. The van der Waals surface area contributed by atoms with Crippen LogP contribution in [0.4, 0.5) is 5.69 Å². The molecule has 1 saturated heterocycles. The largest absolute Gasteiger partial charge is 0.379 e. The fourth-order valence-electron chi connectivity index (χ4n) is 4.52. The third-order valence-corrected chi connectivity index (χ3v) is 8.72. The number of anilines is 1. The molecule has 7 nitrogen and oxygen atoms in total. The van der Waals surface area contributed by atoms with Crippen molar-refractivity contribution < 1.29 is 9.53 Å². The summed E-state index contributed by atoms with van der Waals surface area (Å²) in [4.78, 5) is 33.7. The van der Waals surface area contributed by atoms with Gasteiger partial charge in [-0.05, 0) is 36.1 Å². The molecule has 1 aliphatic rings. The van der Waals surface area contributed by atoms with Gasteiger partial charge in [-0.2, -0.15) is 0 Å². The summed E-state index contributed by atoms with van der Waals surface area (Å²) >= 11 is 2.81. The monoisotopic (exact) mass is 536 g/mol. The molecule has 194 valence electrons. The standard InChI is InChI=1S/C28H32N4O3S2/c1-19(2)20-8-10-21(11-9-20)29-24(33)18-36-28-30-25-22-6-3-4-7-23(22)37-26(25)27(34)32(28)13-5-12-31-14-16-35-17-15-31/h3-4,6-11,19H,5,12-18H2,1-2H3,(H,29,33). The summed E-state index contributed by atoms with van der Waals surface area (Å²) in [5.74, 6) is 0.497. The number of carbonyl (C=O) groups is 1. The van der Waals surface area contributed by atoms with E-state index < -0.39 is 0 Å². The normalized spacial score (nSPS) is 14.6. The molecule has 0 atom stereocenters. The molecule has 0 spiro atoms. The molecule has 37 heavy (non-hydrogen) atoms. The first kappa shape index (κ1) is 25.9. The van der Waals surface area contributed by atoms with Crippen LogP contribution < -0.4 is 10.9 Å². The predicted molar refractivity (Wildman–Crippen MR) is 153 cm³/mol. The van der Waals surface area contributed by atoms with Gasteiger partial charge in [-0.15, -0.1) is 11.3 Å². The van der Waals surface area contributed by atoms with E-state index in [0.717, 1.165) is 60.6 Å². The number of thiophene rings is 1. The van der Waals surface area contributed by atoms with Crippen molar-refractivity contribution in [3.8, 4) is 0 Å². The highest BCUT2D eigenvalue weighted by Crippen LogP contribution is 2.32. The molecule has 1 amide bonds. The summed E-state index contributed by atoms with van der Waals surface area (Å²) in [5, 5.41) is 4.54. The second-order valence-electron chi connectivity index (χ2n) is 9.55. The lowest BCUT2D eigenvalue weighted by molar-refractivity contribution is -0.113. The van der Waals surface area contributed by atoms with Gasteiger partial charge in [0.2, 0.25) is 5.91 Å². The van der Waals surface area contributed by atoms with E-state index in [1.807, 2.05) is 48.5 Å². The van der Waals surface area contributed by atoms with Crippen LogP contribution >= 0.6 is 23.1 Å². The maximum Gasteiger partial charge on any atom is 0.272 e. The van der Waals surface area contributed by atoms with Crippen molar-refractivity contribution in [3.05, 3.63) is 64.4 Å². The zero-order valence-corrected chi connectivity index (χ0v) is 22.9. The number of nitrogens with one attached hydrogen (secondary N) is 1. The Morgan fingerprint density at radius 3 is 2.62 bits per heavy atom. The second-order valence-corrected chi connectivity index (χ2v) is 11.5. The van der Waals surface area contributed by atoms with Crippen molar-refractivity contribution in [2.24, 2.45) is 0 Å². The molecule has 2 aromatic heterocycles. The van der Waals surface area contributed by atoms with Gasteiger partial charge in [0.25, 0.3) is 5.56 Å². The van der Waals surface area contributed by atoms with E-state index in [9.17, 15) is 9.59 Å². The van der Waals surface area contributed by atoms with Gasteiger partial charge in [0.05, 0.1) is 24.5 Å². The first-order valence-corrected chi connectivity index (χ1v) is 14.5. The Bertz CT molecular complexity index is 1440. The lowest BCUT2D eigenvalue weighted by atomic mass is 10.0. The van der Waals surface area contributed by atoms with Crippen LogP contribution in [0.2, 0.25) is 0 Å². The summed E-state index contributed by atoms with van der Waals surface area (Å²) in [7, 11) is 0. The van der Waals surface area contributed by atoms with E-state index >= 15 is 0 Å². The molecule has 5 rings (SSSR count). The summed E-state index contributed by atoms with van der Waals surface area (Å²) in [5.41, 5.74) is 2.70. The Morgan fingerprint density at radius 2 is 1.86 bits per heavy atom. The third kappa shape index (κ3) is 6.06. The molecule has 1 aliphatic heterocycles. The fourth-order valence-corrected chi connectivity index (χ4v) is 6.43. The van der Waals surface area contributed by atoms with Gasteiger partial charge in [-0.25, -0.2) is 4.98 Å². The minimum atomic E-state index is -0.119. The molecule has 4 aromatic rings. The van der Waals surface area contributed by atoms with Crippen LogP contribution in [0.5, 0.6) is 0 Å². The number of aromatic nitrogens is 2. The van der Waals surface area contributed by atoms with Crippen LogP contribution in [0.3, 0.4) is 0 Å². The Labute approximate surface area is 224 Å². The first-order chi connectivity index (χ1) is 18.0. The van der Waals surface area contributed by atoms with Crippen LogP contribution in [-0.4, -0.2) is 59.0 Å². The zero-order chi connectivity index (χ0) is 25.8. The van der Waals surface area contributed by atoms with Crippen LogP contribution in [0, 0.1) is 0 Å². The average molecular weight is 537 g/mol. The SMILES string of the molecule is CC(C)c1ccc(NC(=O)CSc2nc3c(sc4ccccc43)c(=O)n2CCCN2CCOCC2)cc1. The molecule has 0 bridgehead atoms. The number of hydrogen-bond donors (Lipinski definition) is 1. The summed E-state index contributed by atoms with van der Waals surface area (Å²) in [6.07, 6.45) is 0.833. The van der Waals surface area contributed by atoms with E-state index in [-0.39, 0.29) is 17.2 Å². The number of thioether (sulfide) groups is 1. The number of fused-ring (bicyclic) bond motifs is 3. The quantitative estimate of drug-likeness (QED) is 0.234. The van der Waals surface area contributed by atoms with Crippen LogP contribution in [0.25, 0.3) is 20.3 Å². The Kier molecular flexibility index (Phi) is 8.24. The number of hydrogen-bond acceptors (Lipinski definition) is 7. The smallest absolute Gasteiger partial charge is 0.272 e. The number of nitrogens with zero attached hydrogens (tertiary/aromatic N) is 3. The lowest BCUT2D eigenvalue weighted by Gasteiger charge is -2.26. The number of amides is 1. The molecule has 0 aliphatic carbocycles. The highest BCUT2D eigenvalue weighted by molar-refractivity contribution is 7.99. The maximum absolute atomic E-state index is 13.6.